The van der Waals surface area contributed by atoms with Crippen LogP contribution in [0.1, 0.15) is 11.1 Å². The predicted octanol–water partition coefficient (Wildman–Crippen LogP) is 3.98. The highest BCUT2D eigenvalue weighted by molar-refractivity contribution is 7.98. The van der Waals surface area contributed by atoms with Gasteiger partial charge in [-0.1, -0.05) is 18.2 Å². The van der Waals surface area contributed by atoms with Crippen molar-refractivity contribution in [1.29, 1.82) is 0 Å². The van der Waals surface area contributed by atoms with Crippen LogP contribution in [0.25, 0.3) is 0 Å². The fraction of sp³-hybridized carbons (Fsp3) is 0.200. The highest BCUT2D eigenvalue weighted by atomic mass is 32.2. The van der Waals surface area contributed by atoms with Crippen LogP contribution in [-0.2, 0) is 12.3 Å². The zero-order valence-corrected chi connectivity index (χ0v) is 11.4. The van der Waals surface area contributed by atoms with Gasteiger partial charge in [-0.05, 0) is 42.4 Å². The summed E-state index contributed by atoms with van der Waals surface area (Å²) in [7, 11) is 1.91. The first-order chi connectivity index (χ1) is 9.19. The summed E-state index contributed by atoms with van der Waals surface area (Å²) in [6.45, 7) is 0.841. The minimum atomic E-state index is -0.801. The van der Waals surface area contributed by atoms with Crippen molar-refractivity contribution in [2.45, 2.75) is 17.2 Å². The zero-order chi connectivity index (χ0) is 13.7. The van der Waals surface area contributed by atoms with E-state index < -0.39 is 11.6 Å². The number of benzene rings is 2. The summed E-state index contributed by atoms with van der Waals surface area (Å²) in [5, 5.41) is 3.09. The number of rotatable bonds is 5. The van der Waals surface area contributed by atoms with Crippen LogP contribution in [0.3, 0.4) is 0 Å². The van der Waals surface area contributed by atoms with Crippen LogP contribution in [0.4, 0.5) is 8.78 Å². The van der Waals surface area contributed by atoms with Crippen molar-refractivity contribution in [2.75, 3.05) is 7.05 Å². The van der Waals surface area contributed by atoms with Crippen LogP contribution >= 0.6 is 11.8 Å². The molecule has 4 heteroatoms. The van der Waals surface area contributed by atoms with Gasteiger partial charge >= 0.3 is 0 Å². The maximum atomic E-state index is 13.1. The summed E-state index contributed by atoms with van der Waals surface area (Å²) >= 11 is 1.61. The maximum Gasteiger partial charge on any atom is 0.159 e. The molecule has 0 bridgehead atoms. The summed E-state index contributed by atoms with van der Waals surface area (Å²) in [4.78, 5) is 1.12. The van der Waals surface area contributed by atoms with Crippen LogP contribution in [0.5, 0.6) is 0 Å². The zero-order valence-electron chi connectivity index (χ0n) is 10.6. The molecule has 0 aliphatic heterocycles. The quantitative estimate of drug-likeness (QED) is 0.831. The molecule has 0 saturated carbocycles. The van der Waals surface area contributed by atoms with Crippen LogP contribution in [0.15, 0.2) is 47.4 Å². The first-order valence-corrected chi connectivity index (χ1v) is 6.98. The summed E-state index contributed by atoms with van der Waals surface area (Å²) in [6, 6.07) is 12.2. The monoisotopic (exact) mass is 279 g/mol. The van der Waals surface area contributed by atoms with Crippen molar-refractivity contribution >= 4 is 11.8 Å². The topological polar surface area (TPSA) is 12.0 Å². The molecule has 2 aromatic rings. The molecule has 19 heavy (non-hydrogen) atoms. The number of hydrogen-bond donors (Lipinski definition) is 1. The lowest BCUT2D eigenvalue weighted by Gasteiger charge is -2.04. The summed E-state index contributed by atoms with van der Waals surface area (Å²) < 4.78 is 25.8. The fourth-order valence-electron chi connectivity index (χ4n) is 1.70. The Morgan fingerprint density at radius 1 is 0.947 bits per heavy atom. The molecule has 1 nitrogen and oxygen atoms in total. The molecule has 0 saturated heterocycles. The Kier molecular flexibility index (Phi) is 4.93. The normalized spacial score (nSPS) is 10.7. The third-order valence-electron chi connectivity index (χ3n) is 2.69. The van der Waals surface area contributed by atoms with E-state index in [9.17, 15) is 8.78 Å². The molecule has 0 aliphatic carbocycles. The molecule has 1 N–H and O–H groups in total. The van der Waals surface area contributed by atoms with Crippen LogP contribution in [0.2, 0.25) is 0 Å². The van der Waals surface area contributed by atoms with E-state index in [0.29, 0.717) is 5.75 Å². The Balaban J connectivity index is 1.96. The third kappa shape index (κ3) is 4.04. The first-order valence-electron chi connectivity index (χ1n) is 5.99. The predicted molar refractivity (Wildman–Crippen MR) is 75.1 cm³/mol. The van der Waals surface area contributed by atoms with E-state index in [2.05, 4.69) is 17.4 Å². The SMILES string of the molecule is CNCc1ccc(SCc2ccc(F)c(F)c2)cc1. The van der Waals surface area contributed by atoms with E-state index in [1.54, 1.807) is 17.8 Å². The molecule has 0 heterocycles. The smallest absolute Gasteiger partial charge is 0.159 e. The van der Waals surface area contributed by atoms with Gasteiger partial charge in [0.1, 0.15) is 0 Å². The van der Waals surface area contributed by atoms with Crippen molar-refractivity contribution in [2.24, 2.45) is 0 Å². The molecule has 2 rings (SSSR count). The molecule has 0 aromatic heterocycles. The van der Waals surface area contributed by atoms with Gasteiger partial charge in [0, 0.05) is 17.2 Å². The minimum Gasteiger partial charge on any atom is -0.316 e. The Labute approximate surface area is 116 Å². The van der Waals surface area contributed by atoms with Crippen molar-refractivity contribution in [1.82, 2.24) is 5.32 Å². The number of halogens is 2. The molecular formula is C15H15F2NS. The van der Waals surface area contributed by atoms with E-state index in [1.807, 2.05) is 19.2 Å². The second-order valence-corrected chi connectivity index (χ2v) is 5.26. The molecule has 0 amide bonds. The molecule has 0 spiro atoms. The average molecular weight is 279 g/mol. The maximum absolute atomic E-state index is 13.1. The third-order valence-corrected chi connectivity index (χ3v) is 3.78. The lowest BCUT2D eigenvalue weighted by molar-refractivity contribution is 0.507. The van der Waals surface area contributed by atoms with Crippen molar-refractivity contribution in [3.8, 4) is 0 Å². The summed E-state index contributed by atoms with van der Waals surface area (Å²) in [5.74, 6) is -0.963. The van der Waals surface area contributed by atoms with Crippen molar-refractivity contribution in [3.63, 3.8) is 0 Å². The highest BCUT2D eigenvalue weighted by Gasteiger charge is 2.03. The van der Waals surface area contributed by atoms with Gasteiger partial charge in [0.25, 0.3) is 0 Å². The van der Waals surface area contributed by atoms with Crippen LogP contribution in [-0.4, -0.2) is 7.05 Å². The lowest BCUT2D eigenvalue weighted by Crippen LogP contribution is -2.04. The molecule has 100 valence electrons. The number of thioether (sulfide) groups is 1. The molecule has 0 atom stereocenters. The molecule has 0 radical (unpaired) electrons. The van der Waals surface area contributed by atoms with Gasteiger partial charge in [-0.15, -0.1) is 11.8 Å². The van der Waals surface area contributed by atoms with Gasteiger partial charge < -0.3 is 5.32 Å². The van der Waals surface area contributed by atoms with Gasteiger partial charge in [0.05, 0.1) is 0 Å². The molecule has 0 unspecified atom stereocenters. The number of hydrogen-bond acceptors (Lipinski definition) is 2. The first kappa shape index (κ1) is 14.0. The van der Waals surface area contributed by atoms with Crippen LogP contribution < -0.4 is 5.32 Å². The van der Waals surface area contributed by atoms with E-state index in [-0.39, 0.29) is 0 Å². The number of nitrogens with one attached hydrogen (secondary N) is 1. The molecule has 0 aliphatic rings. The lowest BCUT2D eigenvalue weighted by atomic mass is 10.2. The van der Waals surface area contributed by atoms with Gasteiger partial charge in [0.2, 0.25) is 0 Å². The second kappa shape index (κ2) is 6.68. The van der Waals surface area contributed by atoms with E-state index in [0.717, 1.165) is 17.0 Å². The van der Waals surface area contributed by atoms with Crippen molar-refractivity contribution < 1.29 is 8.78 Å². The molecule has 0 fully saturated rings. The highest BCUT2D eigenvalue weighted by Crippen LogP contribution is 2.23. The van der Waals surface area contributed by atoms with E-state index in [1.165, 1.54) is 17.7 Å². The van der Waals surface area contributed by atoms with E-state index >= 15 is 0 Å². The van der Waals surface area contributed by atoms with E-state index in [4.69, 9.17) is 0 Å². The van der Waals surface area contributed by atoms with Crippen molar-refractivity contribution in [3.05, 3.63) is 65.2 Å². The summed E-state index contributed by atoms with van der Waals surface area (Å²) in [6.07, 6.45) is 0. The van der Waals surface area contributed by atoms with Gasteiger partial charge in [0.15, 0.2) is 11.6 Å². The Bertz CT molecular complexity index is 540. The Morgan fingerprint density at radius 2 is 1.63 bits per heavy atom. The molecular weight excluding hydrogens is 264 g/mol. The second-order valence-electron chi connectivity index (χ2n) is 4.21. The van der Waals surface area contributed by atoms with Gasteiger partial charge in [-0.25, -0.2) is 8.78 Å². The van der Waals surface area contributed by atoms with Gasteiger partial charge in [-0.3, -0.25) is 0 Å². The van der Waals surface area contributed by atoms with Crippen LogP contribution in [0, 0.1) is 11.6 Å². The average Bonchev–Trinajstić information content (AvgIpc) is 2.42. The molecule has 2 aromatic carbocycles. The largest absolute Gasteiger partial charge is 0.316 e. The standard InChI is InChI=1S/C15H15F2NS/c1-18-9-11-2-5-13(6-3-11)19-10-12-4-7-14(16)15(17)8-12/h2-8,18H,9-10H2,1H3. The van der Waals surface area contributed by atoms with Gasteiger partial charge in [-0.2, -0.15) is 0 Å². The minimum absolute atomic E-state index is 0.628. The Morgan fingerprint density at radius 3 is 2.26 bits per heavy atom. The Hall–Kier alpha value is -1.39. The summed E-state index contributed by atoms with van der Waals surface area (Å²) in [5.41, 5.74) is 2.00. The fourth-order valence-corrected chi connectivity index (χ4v) is 2.55.